The van der Waals surface area contributed by atoms with Crippen molar-refractivity contribution in [1.82, 2.24) is 10.2 Å². The molecule has 0 saturated carbocycles. The van der Waals surface area contributed by atoms with E-state index in [4.69, 9.17) is 11.9 Å². The first-order chi connectivity index (χ1) is 6.72. The molecule has 1 heterocycles. The maximum absolute atomic E-state index is 11.1. The molecule has 1 rings (SSSR count). The van der Waals surface area contributed by atoms with Crippen molar-refractivity contribution in [3.05, 3.63) is 3.92 Å². The van der Waals surface area contributed by atoms with Gasteiger partial charge in [0.05, 0.1) is 0 Å². The summed E-state index contributed by atoms with van der Waals surface area (Å²) < 4.78 is 8.59. The molecule has 0 aromatic carbocycles. The Labute approximate surface area is 101 Å². The lowest BCUT2D eigenvalue weighted by atomic mass is 10.7. The van der Waals surface area contributed by atoms with E-state index in [-0.39, 0.29) is 11.7 Å². The van der Waals surface area contributed by atoms with Gasteiger partial charge in [0.2, 0.25) is 11.0 Å². The second-order valence-corrected chi connectivity index (χ2v) is 4.84. The molecule has 0 radical (unpaired) electrons. The van der Waals surface area contributed by atoms with Crippen LogP contribution in [0.3, 0.4) is 0 Å². The fourth-order valence-electron chi connectivity index (χ4n) is 0.507. The normalized spacial score (nSPS) is 10.1. The minimum atomic E-state index is -0.285. The summed E-state index contributed by atoms with van der Waals surface area (Å²) >= 11 is 9.84. The van der Waals surface area contributed by atoms with Crippen molar-refractivity contribution >= 4 is 62.2 Å². The van der Waals surface area contributed by atoms with Gasteiger partial charge in [-0.1, -0.05) is 11.3 Å². The maximum atomic E-state index is 11.1. The molecular weight excluding hydrogens is 318 g/mol. The first kappa shape index (κ1) is 12.1. The standard InChI is InChI=1S/C4H3BrClN3O3S2/c5-3-8-9-4(14-3)7-2(10)1-13-12-11-6/h1H2,(H,7,9,10). The van der Waals surface area contributed by atoms with Crippen LogP contribution in [0, 0.1) is 0 Å². The van der Waals surface area contributed by atoms with Gasteiger partial charge in [0, 0.05) is 12.0 Å². The minimum absolute atomic E-state index is 0.0456. The monoisotopic (exact) mass is 319 g/mol. The molecule has 6 nitrogen and oxygen atoms in total. The third-order valence-electron chi connectivity index (χ3n) is 0.911. The Hall–Kier alpha value is 0.0700. The molecule has 0 aliphatic carbocycles. The summed E-state index contributed by atoms with van der Waals surface area (Å²) in [7, 11) is 0. The molecule has 0 saturated heterocycles. The SMILES string of the molecule is O=C(CSOOCl)Nc1nnc(Br)s1. The molecule has 0 spiro atoms. The van der Waals surface area contributed by atoms with Crippen molar-refractivity contribution in [3.8, 4) is 0 Å². The van der Waals surface area contributed by atoms with Crippen LogP contribution in [0.5, 0.6) is 0 Å². The lowest BCUT2D eigenvalue weighted by molar-refractivity contribution is -0.114. The van der Waals surface area contributed by atoms with E-state index in [1.807, 2.05) is 0 Å². The molecule has 0 atom stereocenters. The number of rotatable bonds is 5. The fourth-order valence-corrected chi connectivity index (χ4v) is 1.91. The number of carbonyl (C=O) groups excluding carboxylic acids is 1. The third-order valence-corrected chi connectivity index (χ3v) is 2.86. The molecule has 0 fully saturated rings. The van der Waals surface area contributed by atoms with Crippen LogP contribution < -0.4 is 5.32 Å². The molecular formula is C4H3BrClN3O3S2. The van der Waals surface area contributed by atoms with Crippen LogP contribution in [0.2, 0.25) is 0 Å². The Morgan fingerprint density at radius 3 is 3.07 bits per heavy atom. The van der Waals surface area contributed by atoms with Crippen molar-refractivity contribution in [2.24, 2.45) is 0 Å². The summed E-state index contributed by atoms with van der Waals surface area (Å²) in [5.41, 5.74) is 0. The second-order valence-electron chi connectivity index (χ2n) is 1.80. The van der Waals surface area contributed by atoms with Crippen LogP contribution in [0.25, 0.3) is 0 Å². The molecule has 10 heteroatoms. The molecule has 1 aromatic heterocycles. The lowest BCUT2D eigenvalue weighted by Crippen LogP contribution is -2.13. The van der Waals surface area contributed by atoms with E-state index in [0.717, 1.165) is 12.0 Å². The van der Waals surface area contributed by atoms with Crippen molar-refractivity contribution in [3.63, 3.8) is 0 Å². The maximum Gasteiger partial charge on any atom is 0.238 e. The summed E-state index contributed by atoms with van der Waals surface area (Å²) in [6, 6.07) is 0. The highest BCUT2D eigenvalue weighted by Gasteiger charge is 2.07. The number of anilines is 1. The zero-order chi connectivity index (χ0) is 10.4. The minimum Gasteiger partial charge on any atom is -0.300 e. The molecule has 78 valence electrons. The Morgan fingerprint density at radius 1 is 1.71 bits per heavy atom. The largest absolute Gasteiger partial charge is 0.300 e. The number of carbonyl (C=O) groups is 1. The van der Waals surface area contributed by atoms with E-state index in [1.54, 1.807) is 0 Å². The van der Waals surface area contributed by atoms with Crippen LogP contribution in [-0.4, -0.2) is 21.9 Å². The van der Waals surface area contributed by atoms with Gasteiger partial charge in [-0.2, -0.15) is 0 Å². The molecule has 0 bridgehead atoms. The first-order valence-corrected chi connectivity index (χ1v) is 5.91. The number of aromatic nitrogens is 2. The lowest BCUT2D eigenvalue weighted by Gasteiger charge is -1.97. The van der Waals surface area contributed by atoms with Gasteiger partial charge in [-0.05, 0) is 15.9 Å². The summed E-state index contributed by atoms with van der Waals surface area (Å²) in [6.45, 7) is 0. The Morgan fingerprint density at radius 2 is 2.50 bits per heavy atom. The van der Waals surface area contributed by atoms with Crippen LogP contribution in [-0.2, 0) is 13.6 Å². The molecule has 0 aliphatic rings. The second kappa shape index (κ2) is 6.53. The zero-order valence-electron chi connectivity index (χ0n) is 6.40. The molecule has 1 aromatic rings. The van der Waals surface area contributed by atoms with Crippen molar-refractivity contribution in [2.75, 3.05) is 11.1 Å². The van der Waals surface area contributed by atoms with E-state index in [1.165, 1.54) is 11.3 Å². The van der Waals surface area contributed by atoms with Gasteiger partial charge in [-0.25, -0.2) is 0 Å². The number of nitrogens with zero attached hydrogens (tertiary/aromatic N) is 2. The summed E-state index contributed by atoms with van der Waals surface area (Å²) in [4.78, 5) is 11.1. The number of halogens is 2. The van der Waals surface area contributed by atoms with Gasteiger partial charge in [0.15, 0.2) is 3.92 Å². The highest BCUT2D eigenvalue weighted by atomic mass is 79.9. The molecule has 0 unspecified atom stereocenters. The summed E-state index contributed by atoms with van der Waals surface area (Å²) in [5, 5.41) is 10.2. The number of nitrogens with one attached hydrogen (secondary N) is 1. The predicted molar refractivity (Wildman–Crippen MR) is 56.7 cm³/mol. The van der Waals surface area contributed by atoms with Crippen LogP contribution in [0.1, 0.15) is 0 Å². The average molecular weight is 321 g/mol. The molecule has 14 heavy (non-hydrogen) atoms. The van der Waals surface area contributed by atoms with Gasteiger partial charge < -0.3 is 0 Å². The molecule has 0 aliphatic heterocycles. The number of hydrogen-bond acceptors (Lipinski definition) is 7. The van der Waals surface area contributed by atoms with Gasteiger partial charge in [-0.15, -0.1) is 19.0 Å². The summed E-state index contributed by atoms with van der Waals surface area (Å²) in [5.74, 6) is -0.239. The van der Waals surface area contributed by atoms with Crippen molar-refractivity contribution < 1.29 is 13.6 Å². The fraction of sp³-hybridized carbons (Fsp3) is 0.250. The quantitative estimate of drug-likeness (QED) is 0.387. The van der Waals surface area contributed by atoms with E-state index in [0.29, 0.717) is 9.05 Å². The van der Waals surface area contributed by atoms with E-state index in [2.05, 4.69) is 40.2 Å². The van der Waals surface area contributed by atoms with Crippen molar-refractivity contribution in [1.29, 1.82) is 0 Å². The summed E-state index contributed by atoms with van der Waals surface area (Å²) in [6.07, 6.45) is 0. The van der Waals surface area contributed by atoms with E-state index in [9.17, 15) is 4.79 Å². The van der Waals surface area contributed by atoms with Gasteiger partial charge in [0.1, 0.15) is 17.6 Å². The van der Waals surface area contributed by atoms with Crippen LogP contribution in [0.4, 0.5) is 5.13 Å². The topological polar surface area (TPSA) is 73.3 Å². The van der Waals surface area contributed by atoms with Gasteiger partial charge >= 0.3 is 0 Å². The highest BCUT2D eigenvalue weighted by molar-refractivity contribution is 9.11. The Balaban J connectivity index is 2.27. The van der Waals surface area contributed by atoms with Crippen molar-refractivity contribution in [2.45, 2.75) is 0 Å². The van der Waals surface area contributed by atoms with Crippen LogP contribution >= 0.6 is 51.2 Å². The zero-order valence-corrected chi connectivity index (χ0v) is 10.4. The van der Waals surface area contributed by atoms with Crippen LogP contribution in [0.15, 0.2) is 3.92 Å². The number of hydrogen-bond donors (Lipinski definition) is 1. The Kier molecular flexibility index (Phi) is 5.67. The van der Waals surface area contributed by atoms with Gasteiger partial charge in [0.25, 0.3) is 0 Å². The average Bonchev–Trinajstić information content (AvgIpc) is 2.52. The highest BCUT2D eigenvalue weighted by Crippen LogP contribution is 2.20. The Bertz CT molecular complexity index is 312. The van der Waals surface area contributed by atoms with Gasteiger partial charge in [-0.3, -0.25) is 10.1 Å². The van der Waals surface area contributed by atoms with E-state index < -0.39 is 0 Å². The molecule has 1 amide bonds. The first-order valence-electron chi connectivity index (χ1n) is 3.08. The van der Waals surface area contributed by atoms with E-state index >= 15 is 0 Å². The predicted octanol–water partition coefficient (Wildman–Crippen LogP) is 1.99. The number of amides is 1. The molecule has 1 N–H and O–H groups in total. The smallest absolute Gasteiger partial charge is 0.238 e. The third kappa shape index (κ3) is 4.53.